The van der Waals surface area contributed by atoms with Gasteiger partial charge in [-0.3, -0.25) is 0 Å². The van der Waals surface area contributed by atoms with E-state index in [-0.39, 0.29) is 11.7 Å². The molecule has 0 spiro atoms. The summed E-state index contributed by atoms with van der Waals surface area (Å²) in [5.74, 6) is 1.36. The van der Waals surface area contributed by atoms with Crippen LogP contribution in [0.4, 0.5) is 0 Å². The molecular weight excluding hydrogens is 270 g/mol. The second-order valence-electron chi connectivity index (χ2n) is 3.88. The van der Waals surface area contributed by atoms with Crippen molar-refractivity contribution >= 4 is 15.9 Å². The van der Waals surface area contributed by atoms with E-state index in [1.165, 1.54) is 0 Å². The van der Waals surface area contributed by atoms with Gasteiger partial charge in [-0.15, -0.1) is 0 Å². The van der Waals surface area contributed by atoms with Crippen LogP contribution < -0.4 is 0 Å². The molecule has 2 aromatic rings. The normalized spacial score (nSPS) is 11.0. The topological polar surface area (TPSA) is 46.3 Å². The fourth-order valence-electron chi connectivity index (χ4n) is 1.52. The Labute approximate surface area is 102 Å². The average molecular weight is 282 g/mol. The van der Waals surface area contributed by atoms with Gasteiger partial charge in [-0.2, -0.15) is 0 Å². The maximum absolute atomic E-state index is 9.23. The van der Waals surface area contributed by atoms with Crippen molar-refractivity contribution in [3.63, 3.8) is 0 Å². The van der Waals surface area contributed by atoms with Crippen LogP contribution >= 0.6 is 15.9 Å². The molecule has 84 valence electrons. The number of hydrogen-bond donors (Lipinski definition) is 1. The Balaban J connectivity index is 2.50. The molecule has 0 saturated carbocycles. The summed E-state index contributed by atoms with van der Waals surface area (Å²) in [5.41, 5.74) is 1.76. The van der Waals surface area contributed by atoms with Gasteiger partial charge in [0.25, 0.3) is 4.80 Å². The van der Waals surface area contributed by atoms with Crippen LogP contribution in [0.3, 0.4) is 0 Å². The number of phenolic OH excluding ortho intramolecular Hbond substituents is 1. The molecule has 0 aliphatic carbocycles. The smallest absolute Gasteiger partial charge is 0.264 e. The lowest BCUT2D eigenvalue weighted by Gasteiger charge is -2.03. The van der Waals surface area contributed by atoms with Gasteiger partial charge >= 0.3 is 0 Å². The van der Waals surface area contributed by atoms with Gasteiger partial charge in [-0.25, -0.2) is 4.98 Å². The van der Waals surface area contributed by atoms with Gasteiger partial charge in [0.15, 0.2) is 0 Å². The van der Waals surface area contributed by atoms with Gasteiger partial charge in [0.05, 0.1) is 0 Å². The zero-order valence-corrected chi connectivity index (χ0v) is 10.7. The minimum atomic E-state index is 0.248. The van der Waals surface area contributed by atoms with E-state index in [1.54, 1.807) is 12.1 Å². The summed E-state index contributed by atoms with van der Waals surface area (Å²) < 4.78 is 5.50. The molecule has 4 heteroatoms. The Morgan fingerprint density at radius 3 is 2.44 bits per heavy atom. The number of halogens is 1. The first-order valence-electron chi connectivity index (χ1n) is 5.03. The molecule has 1 heterocycles. The van der Waals surface area contributed by atoms with Crippen molar-refractivity contribution in [2.24, 2.45) is 0 Å². The molecule has 0 fully saturated rings. The molecule has 0 aliphatic heterocycles. The second kappa shape index (κ2) is 4.29. The first kappa shape index (κ1) is 11.2. The second-order valence-corrected chi connectivity index (χ2v) is 4.56. The highest BCUT2D eigenvalue weighted by atomic mass is 79.9. The number of hydrogen-bond acceptors (Lipinski definition) is 3. The van der Waals surface area contributed by atoms with Crippen LogP contribution in [0.25, 0.3) is 11.3 Å². The van der Waals surface area contributed by atoms with Crippen LogP contribution in [0.5, 0.6) is 5.75 Å². The molecule has 3 nitrogen and oxygen atoms in total. The number of aromatic hydroxyl groups is 1. The van der Waals surface area contributed by atoms with E-state index >= 15 is 0 Å². The fraction of sp³-hybridized carbons (Fsp3) is 0.250. The number of aromatic nitrogens is 1. The highest BCUT2D eigenvalue weighted by Gasteiger charge is 2.16. The van der Waals surface area contributed by atoms with Gasteiger partial charge in [0.1, 0.15) is 17.2 Å². The van der Waals surface area contributed by atoms with Crippen LogP contribution in [0, 0.1) is 0 Å². The average Bonchev–Trinajstić information content (AvgIpc) is 2.61. The van der Waals surface area contributed by atoms with Crippen LogP contribution in [0.2, 0.25) is 0 Å². The maximum Gasteiger partial charge on any atom is 0.264 e. The molecule has 1 aromatic carbocycles. The third-order valence-corrected chi connectivity index (χ3v) is 2.63. The maximum atomic E-state index is 9.23. The number of phenols is 1. The van der Waals surface area contributed by atoms with E-state index in [0.29, 0.717) is 4.80 Å². The Morgan fingerprint density at radius 2 is 1.88 bits per heavy atom. The lowest BCUT2D eigenvalue weighted by molar-refractivity contribution is 0.461. The van der Waals surface area contributed by atoms with Crippen molar-refractivity contribution in [3.8, 4) is 17.0 Å². The lowest BCUT2D eigenvalue weighted by atomic mass is 10.0. The Hall–Kier alpha value is -1.29. The van der Waals surface area contributed by atoms with E-state index in [1.807, 2.05) is 12.1 Å². The third-order valence-electron chi connectivity index (χ3n) is 2.29. The van der Waals surface area contributed by atoms with Crippen LogP contribution in [-0.4, -0.2) is 10.1 Å². The minimum Gasteiger partial charge on any atom is -0.508 e. The number of oxazole rings is 1. The zero-order chi connectivity index (χ0) is 11.7. The van der Waals surface area contributed by atoms with Crippen molar-refractivity contribution in [1.29, 1.82) is 0 Å². The fourth-order valence-corrected chi connectivity index (χ4v) is 1.87. The Morgan fingerprint density at radius 1 is 1.25 bits per heavy atom. The Bertz CT molecular complexity index is 488. The van der Waals surface area contributed by atoms with Crippen molar-refractivity contribution in [2.45, 2.75) is 19.8 Å². The molecule has 0 radical (unpaired) electrons. The van der Waals surface area contributed by atoms with Crippen molar-refractivity contribution in [3.05, 3.63) is 34.8 Å². The number of benzene rings is 1. The van der Waals surface area contributed by atoms with Crippen molar-refractivity contribution < 1.29 is 9.52 Å². The standard InChI is InChI=1S/C12H12BrNO2/c1-7(2)11-10(14-12(13)16-11)8-3-5-9(15)6-4-8/h3-7,15H,1-2H3. The lowest BCUT2D eigenvalue weighted by Crippen LogP contribution is -1.88. The molecular formula is C12H12BrNO2. The summed E-state index contributed by atoms with van der Waals surface area (Å²) in [6, 6.07) is 6.93. The van der Waals surface area contributed by atoms with E-state index in [0.717, 1.165) is 17.0 Å². The third kappa shape index (κ3) is 2.11. The van der Waals surface area contributed by atoms with E-state index in [9.17, 15) is 5.11 Å². The SMILES string of the molecule is CC(C)c1oc(Br)nc1-c1ccc(O)cc1. The number of nitrogens with zero attached hydrogens (tertiary/aromatic N) is 1. The molecule has 1 aromatic heterocycles. The van der Waals surface area contributed by atoms with Crippen molar-refractivity contribution in [2.75, 3.05) is 0 Å². The van der Waals surface area contributed by atoms with Gasteiger partial charge in [-0.05, 0) is 24.3 Å². The van der Waals surface area contributed by atoms with Gasteiger partial charge in [0.2, 0.25) is 0 Å². The van der Waals surface area contributed by atoms with E-state index < -0.39 is 0 Å². The molecule has 0 amide bonds. The molecule has 1 N–H and O–H groups in total. The van der Waals surface area contributed by atoms with Gasteiger partial charge < -0.3 is 9.52 Å². The summed E-state index contributed by atoms with van der Waals surface area (Å²) in [6.07, 6.45) is 0. The van der Waals surface area contributed by atoms with Crippen LogP contribution in [-0.2, 0) is 0 Å². The largest absolute Gasteiger partial charge is 0.508 e. The van der Waals surface area contributed by atoms with Gasteiger partial charge in [-0.1, -0.05) is 13.8 Å². The first-order valence-corrected chi connectivity index (χ1v) is 5.83. The highest BCUT2D eigenvalue weighted by Crippen LogP contribution is 2.31. The summed E-state index contributed by atoms with van der Waals surface area (Å²) in [5, 5.41) is 9.23. The summed E-state index contributed by atoms with van der Waals surface area (Å²) in [4.78, 5) is 4.79. The summed E-state index contributed by atoms with van der Waals surface area (Å²) in [7, 11) is 0. The quantitative estimate of drug-likeness (QED) is 0.907. The highest BCUT2D eigenvalue weighted by molar-refractivity contribution is 9.10. The summed E-state index contributed by atoms with van der Waals surface area (Å²) >= 11 is 3.24. The predicted octanol–water partition coefficient (Wildman–Crippen LogP) is 3.93. The zero-order valence-electron chi connectivity index (χ0n) is 9.07. The predicted molar refractivity (Wildman–Crippen MR) is 65.4 cm³/mol. The van der Waals surface area contributed by atoms with E-state index in [2.05, 4.69) is 34.8 Å². The van der Waals surface area contributed by atoms with Crippen LogP contribution in [0.1, 0.15) is 25.5 Å². The van der Waals surface area contributed by atoms with Gasteiger partial charge in [0, 0.05) is 27.4 Å². The van der Waals surface area contributed by atoms with Crippen molar-refractivity contribution in [1.82, 2.24) is 4.98 Å². The molecule has 0 saturated heterocycles. The van der Waals surface area contributed by atoms with Crippen LogP contribution in [0.15, 0.2) is 33.5 Å². The number of rotatable bonds is 2. The summed E-state index contributed by atoms with van der Waals surface area (Å²) in [6.45, 7) is 4.10. The minimum absolute atomic E-state index is 0.248. The van der Waals surface area contributed by atoms with E-state index in [4.69, 9.17) is 4.42 Å². The monoisotopic (exact) mass is 281 g/mol. The molecule has 2 rings (SSSR count). The first-order chi connectivity index (χ1) is 7.58. The molecule has 0 unspecified atom stereocenters. The molecule has 0 atom stereocenters. The molecule has 0 bridgehead atoms. The molecule has 16 heavy (non-hydrogen) atoms. The Kier molecular flexibility index (Phi) is 3.01. The molecule has 0 aliphatic rings.